The summed E-state index contributed by atoms with van der Waals surface area (Å²) in [6.07, 6.45) is 0. The van der Waals surface area contributed by atoms with E-state index in [2.05, 4.69) is 4.98 Å². The van der Waals surface area contributed by atoms with Crippen LogP contribution < -0.4 is 14.6 Å². The molecule has 0 radical (unpaired) electrons. The van der Waals surface area contributed by atoms with Crippen LogP contribution in [-0.4, -0.2) is 27.1 Å². The lowest BCUT2D eigenvalue weighted by molar-refractivity contribution is 0.311. The second kappa shape index (κ2) is 7.11. The number of nitrogens with two attached hydrogens (primary N) is 1. The highest BCUT2D eigenvalue weighted by Gasteiger charge is 2.13. The summed E-state index contributed by atoms with van der Waals surface area (Å²) in [7, 11) is -2.24. The number of pyridine rings is 1. The fourth-order valence-corrected chi connectivity index (χ4v) is 3.38. The predicted octanol–water partition coefficient (Wildman–Crippen LogP) is 3.61. The molecular weight excluding hydrogens is 376 g/mol. The number of aromatic nitrogens is 1. The number of sulfonamides is 1. The average Bonchev–Trinajstić information content (AvgIpc) is 2.61. The normalized spacial score (nSPS) is 11.5. The highest BCUT2D eigenvalue weighted by molar-refractivity contribution is 7.89. The number of hydrogen-bond acceptors (Lipinski definition) is 5. The van der Waals surface area contributed by atoms with E-state index in [-0.39, 0.29) is 4.90 Å². The highest BCUT2D eigenvalue weighted by atomic mass is 35.5. The Labute approximate surface area is 156 Å². The van der Waals surface area contributed by atoms with E-state index < -0.39 is 10.0 Å². The van der Waals surface area contributed by atoms with Crippen LogP contribution in [-0.2, 0) is 10.0 Å². The molecule has 1 aromatic heterocycles. The first-order valence-electron chi connectivity index (χ1n) is 7.78. The Balaban J connectivity index is 2.12. The molecule has 0 bridgehead atoms. The summed E-state index contributed by atoms with van der Waals surface area (Å²) in [5.74, 6) is 1.23. The Bertz CT molecular complexity index is 1080. The Morgan fingerprint density at radius 1 is 1.12 bits per heavy atom. The molecule has 0 spiro atoms. The smallest absolute Gasteiger partial charge is 0.238 e. The van der Waals surface area contributed by atoms with Crippen molar-refractivity contribution < 1.29 is 17.9 Å². The fourth-order valence-electron chi connectivity index (χ4n) is 2.59. The first-order valence-corrected chi connectivity index (χ1v) is 9.70. The number of benzene rings is 2. The minimum atomic E-state index is -3.81. The van der Waals surface area contributed by atoms with Gasteiger partial charge in [0.15, 0.2) is 11.5 Å². The van der Waals surface area contributed by atoms with E-state index in [0.717, 1.165) is 5.56 Å². The second-order valence-corrected chi connectivity index (χ2v) is 7.48. The number of methoxy groups -OCH3 is 1. The summed E-state index contributed by atoms with van der Waals surface area (Å²) in [6.45, 7) is 2.43. The number of nitrogens with zero attached hydrogens (tertiary/aromatic N) is 1. The van der Waals surface area contributed by atoms with Crippen LogP contribution in [0.5, 0.6) is 11.5 Å². The van der Waals surface area contributed by atoms with Crippen LogP contribution >= 0.6 is 11.6 Å². The van der Waals surface area contributed by atoms with Crippen LogP contribution in [0.1, 0.15) is 6.92 Å². The molecule has 0 aliphatic heterocycles. The van der Waals surface area contributed by atoms with Gasteiger partial charge in [0.25, 0.3) is 0 Å². The molecule has 0 saturated carbocycles. The molecule has 6 nitrogen and oxygen atoms in total. The molecule has 3 rings (SSSR count). The minimum Gasteiger partial charge on any atom is -0.493 e. The molecule has 0 fully saturated rings. The van der Waals surface area contributed by atoms with Crippen LogP contribution in [0.25, 0.3) is 22.2 Å². The number of primary sulfonamides is 1. The summed E-state index contributed by atoms with van der Waals surface area (Å²) in [5, 5.41) is 6.06. The Kier molecular flexibility index (Phi) is 5.04. The van der Waals surface area contributed by atoms with E-state index in [9.17, 15) is 8.42 Å². The van der Waals surface area contributed by atoms with Crippen LogP contribution in [0, 0.1) is 0 Å². The maximum atomic E-state index is 11.5. The van der Waals surface area contributed by atoms with Gasteiger partial charge in [-0.15, -0.1) is 0 Å². The molecule has 136 valence electrons. The van der Waals surface area contributed by atoms with Gasteiger partial charge in [0.1, 0.15) is 0 Å². The van der Waals surface area contributed by atoms with Crippen molar-refractivity contribution in [1.82, 2.24) is 4.98 Å². The molecule has 0 unspecified atom stereocenters. The van der Waals surface area contributed by atoms with Crippen molar-refractivity contribution in [2.45, 2.75) is 11.8 Å². The topological polar surface area (TPSA) is 91.5 Å². The van der Waals surface area contributed by atoms with E-state index in [4.69, 9.17) is 26.2 Å². The Hall–Kier alpha value is -2.35. The van der Waals surface area contributed by atoms with Crippen molar-refractivity contribution in [2.24, 2.45) is 5.14 Å². The van der Waals surface area contributed by atoms with Crippen LogP contribution in [0.4, 0.5) is 0 Å². The number of fused-ring (bicyclic) bond motifs is 1. The SMILES string of the molecule is CCOc1ccc(-c2cc(Cl)c3cc(S(N)(=O)=O)ccc3n2)cc1OC. The third kappa shape index (κ3) is 3.60. The predicted molar refractivity (Wildman–Crippen MR) is 101 cm³/mol. The summed E-state index contributed by atoms with van der Waals surface area (Å²) < 4.78 is 33.9. The van der Waals surface area contributed by atoms with Crippen molar-refractivity contribution in [3.63, 3.8) is 0 Å². The van der Waals surface area contributed by atoms with Gasteiger partial charge in [-0.25, -0.2) is 18.5 Å². The average molecular weight is 393 g/mol. The molecule has 0 amide bonds. The van der Waals surface area contributed by atoms with Crippen molar-refractivity contribution in [3.8, 4) is 22.8 Å². The molecule has 3 aromatic rings. The molecule has 26 heavy (non-hydrogen) atoms. The lowest BCUT2D eigenvalue weighted by Gasteiger charge is -2.12. The molecule has 1 heterocycles. The number of rotatable bonds is 5. The van der Waals surface area contributed by atoms with Crippen molar-refractivity contribution >= 4 is 32.5 Å². The first-order chi connectivity index (χ1) is 12.3. The summed E-state index contributed by atoms with van der Waals surface area (Å²) >= 11 is 6.36. The van der Waals surface area contributed by atoms with Crippen LogP contribution in [0.2, 0.25) is 5.02 Å². The monoisotopic (exact) mass is 392 g/mol. The third-order valence-electron chi connectivity index (χ3n) is 3.82. The van der Waals surface area contributed by atoms with Crippen molar-refractivity contribution in [3.05, 3.63) is 47.5 Å². The van der Waals surface area contributed by atoms with E-state index in [1.54, 1.807) is 19.2 Å². The Morgan fingerprint density at radius 2 is 1.88 bits per heavy atom. The summed E-state index contributed by atoms with van der Waals surface area (Å²) in [4.78, 5) is 4.55. The molecule has 0 saturated heterocycles. The summed E-state index contributed by atoms with van der Waals surface area (Å²) in [5.41, 5.74) is 1.99. The van der Waals surface area contributed by atoms with Crippen molar-refractivity contribution in [2.75, 3.05) is 13.7 Å². The molecule has 8 heteroatoms. The minimum absolute atomic E-state index is 0.0100. The lowest BCUT2D eigenvalue weighted by atomic mass is 10.1. The van der Waals surface area contributed by atoms with Gasteiger partial charge in [-0.05, 0) is 49.4 Å². The number of hydrogen-bond donors (Lipinski definition) is 1. The van der Waals surface area contributed by atoms with Gasteiger partial charge in [-0.3, -0.25) is 0 Å². The van der Waals surface area contributed by atoms with Crippen LogP contribution in [0.3, 0.4) is 0 Å². The first kappa shape index (κ1) is 18.4. The maximum absolute atomic E-state index is 11.5. The van der Waals surface area contributed by atoms with E-state index in [1.807, 2.05) is 25.1 Å². The van der Waals surface area contributed by atoms with Gasteiger partial charge in [-0.2, -0.15) is 0 Å². The van der Waals surface area contributed by atoms with Crippen LogP contribution in [0.15, 0.2) is 47.4 Å². The Morgan fingerprint density at radius 3 is 2.54 bits per heavy atom. The highest BCUT2D eigenvalue weighted by Crippen LogP contribution is 2.34. The quantitative estimate of drug-likeness (QED) is 0.716. The zero-order valence-electron chi connectivity index (χ0n) is 14.2. The van der Waals surface area contributed by atoms with Gasteiger partial charge in [-0.1, -0.05) is 11.6 Å². The molecule has 0 atom stereocenters. The maximum Gasteiger partial charge on any atom is 0.238 e. The van der Waals surface area contributed by atoms with E-state index in [0.29, 0.717) is 39.7 Å². The lowest BCUT2D eigenvalue weighted by Crippen LogP contribution is -2.11. The van der Waals surface area contributed by atoms with Gasteiger partial charge < -0.3 is 9.47 Å². The fraction of sp³-hybridized carbons (Fsp3) is 0.167. The van der Waals surface area contributed by atoms with Crippen molar-refractivity contribution in [1.29, 1.82) is 0 Å². The van der Waals surface area contributed by atoms with Gasteiger partial charge in [0.05, 0.1) is 34.8 Å². The number of halogens is 1. The zero-order chi connectivity index (χ0) is 18.9. The van der Waals surface area contributed by atoms with Gasteiger partial charge in [0, 0.05) is 10.9 Å². The molecule has 0 aliphatic rings. The molecule has 2 aromatic carbocycles. The van der Waals surface area contributed by atoms with E-state index in [1.165, 1.54) is 12.1 Å². The van der Waals surface area contributed by atoms with Gasteiger partial charge >= 0.3 is 0 Å². The molecule has 2 N–H and O–H groups in total. The van der Waals surface area contributed by atoms with E-state index >= 15 is 0 Å². The molecular formula is C18H17ClN2O4S. The zero-order valence-corrected chi connectivity index (χ0v) is 15.8. The molecule has 0 aliphatic carbocycles. The van der Waals surface area contributed by atoms with Gasteiger partial charge in [0.2, 0.25) is 10.0 Å². The number of ether oxygens (including phenoxy) is 2. The third-order valence-corrected chi connectivity index (χ3v) is 5.04. The largest absolute Gasteiger partial charge is 0.493 e. The standard InChI is InChI=1S/C18H17ClN2O4S/c1-3-25-17-7-4-11(8-18(17)24-2)16-10-14(19)13-9-12(26(20,22)23)5-6-15(13)21-16/h4-10H,3H2,1-2H3,(H2,20,22,23). The second-order valence-electron chi connectivity index (χ2n) is 5.51. The summed E-state index contributed by atoms with van der Waals surface area (Å²) in [6, 6.07) is 11.6.